The van der Waals surface area contributed by atoms with Crippen molar-refractivity contribution >= 4 is 23.2 Å². The molecule has 1 heterocycles. The smallest absolute Gasteiger partial charge is 0.416 e. The molecule has 5 nitrogen and oxygen atoms in total. The summed E-state index contributed by atoms with van der Waals surface area (Å²) < 4.78 is 44.0. The zero-order valence-electron chi connectivity index (χ0n) is 16.3. The quantitative estimate of drug-likeness (QED) is 0.824. The highest BCUT2D eigenvalue weighted by Gasteiger charge is 2.31. The third-order valence-electron chi connectivity index (χ3n) is 4.54. The van der Waals surface area contributed by atoms with Gasteiger partial charge in [-0.3, -0.25) is 14.5 Å². The fourth-order valence-electron chi connectivity index (χ4n) is 2.96. The number of halogens is 3. The van der Waals surface area contributed by atoms with Crippen molar-refractivity contribution in [3.8, 4) is 5.75 Å². The molecular weight excluding hydrogens is 385 g/mol. The first-order chi connectivity index (χ1) is 13.4. The van der Waals surface area contributed by atoms with Crippen molar-refractivity contribution in [2.75, 3.05) is 23.4 Å². The maximum absolute atomic E-state index is 12.8. The lowest BCUT2D eigenvalue weighted by Crippen LogP contribution is -2.43. The number of benzene rings is 2. The Bertz CT molecular complexity index is 949. The number of anilines is 2. The lowest BCUT2D eigenvalue weighted by Gasteiger charge is -2.30. The first kappa shape index (κ1) is 20.7. The summed E-state index contributed by atoms with van der Waals surface area (Å²) >= 11 is 0. The predicted molar refractivity (Wildman–Crippen MR) is 103 cm³/mol. The van der Waals surface area contributed by atoms with Crippen LogP contribution < -0.4 is 15.0 Å². The number of rotatable bonds is 3. The van der Waals surface area contributed by atoms with E-state index in [-0.39, 0.29) is 24.3 Å². The summed E-state index contributed by atoms with van der Waals surface area (Å²) in [6, 6.07) is 9.74. The van der Waals surface area contributed by atoms with E-state index < -0.39 is 23.6 Å². The molecule has 0 unspecified atom stereocenters. The van der Waals surface area contributed by atoms with E-state index in [1.807, 2.05) is 32.9 Å². The Morgan fingerprint density at radius 2 is 1.83 bits per heavy atom. The second-order valence-corrected chi connectivity index (χ2v) is 7.83. The van der Waals surface area contributed by atoms with Crippen molar-refractivity contribution in [1.82, 2.24) is 0 Å². The molecule has 2 amide bonds. The summed E-state index contributed by atoms with van der Waals surface area (Å²) in [4.78, 5) is 26.0. The molecule has 0 aliphatic carbocycles. The van der Waals surface area contributed by atoms with Crippen LogP contribution in [0.4, 0.5) is 24.5 Å². The molecule has 154 valence electrons. The van der Waals surface area contributed by atoms with Gasteiger partial charge in [-0.2, -0.15) is 13.2 Å². The minimum Gasteiger partial charge on any atom is -0.482 e. The summed E-state index contributed by atoms with van der Waals surface area (Å²) in [7, 11) is 0. The predicted octanol–water partition coefficient (Wildman–Crippen LogP) is 4.37. The van der Waals surface area contributed by atoms with Gasteiger partial charge in [-0.05, 0) is 41.3 Å². The normalized spacial score (nSPS) is 14.3. The van der Waals surface area contributed by atoms with E-state index >= 15 is 0 Å². The Morgan fingerprint density at radius 1 is 1.10 bits per heavy atom. The molecule has 8 heteroatoms. The third kappa shape index (κ3) is 4.70. The van der Waals surface area contributed by atoms with E-state index in [4.69, 9.17) is 4.74 Å². The molecule has 0 saturated carbocycles. The molecule has 0 aromatic heterocycles. The van der Waals surface area contributed by atoms with Crippen LogP contribution in [0, 0.1) is 0 Å². The van der Waals surface area contributed by atoms with E-state index in [1.165, 1.54) is 17.0 Å². The van der Waals surface area contributed by atoms with E-state index in [9.17, 15) is 22.8 Å². The number of alkyl halides is 3. The van der Waals surface area contributed by atoms with Crippen molar-refractivity contribution in [2.45, 2.75) is 32.4 Å². The largest absolute Gasteiger partial charge is 0.482 e. The van der Waals surface area contributed by atoms with Crippen LogP contribution in [0.1, 0.15) is 31.9 Å². The Morgan fingerprint density at radius 3 is 2.48 bits per heavy atom. The molecule has 0 spiro atoms. The van der Waals surface area contributed by atoms with Crippen LogP contribution >= 0.6 is 0 Å². The van der Waals surface area contributed by atoms with Crippen molar-refractivity contribution < 1.29 is 27.5 Å². The van der Waals surface area contributed by atoms with Crippen LogP contribution in [0.5, 0.6) is 5.75 Å². The SMILES string of the molecule is CC(C)(C)c1ccc2c(c1)OCC(=O)N2CC(=O)Nc1cccc(C(F)(F)F)c1. The van der Waals surface area contributed by atoms with Crippen LogP contribution in [-0.4, -0.2) is 25.0 Å². The van der Waals surface area contributed by atoms with Crippen LogP contribution in [-0.2, 0) is 21.2 Å². The van der Waals surface area contributed by atoms with E-state index in [1.54, 1.807) is 6.07 Å². The summed E-state index contributed by atoms with van der Waals surface area (Å²) in [5.74, 6) is -0.519. The Kier molecular flexibility index (Phi) is 5.30. The molecule has 1 N–H and O–H groups in total. The fourth-order valence-corrected chi connectivity index (χ4v) is 2.96. The van der Waals surface area contributed by atoms with Crippen molar-refractivity contribution in [1.29, 1.82) is 0 Å². The highest BCUT2D eigenvalue weighted by molar-refractivity contribution is 6.05. The minimum absolute atomic E-state index is 0.00818. The number of nitrogens with zero attached hydrogens (tertiary/aromatic N) is 1. The molecule has 0 atom stereocenters. The number of amides is 2. The van der Waals surface area contributed by atoms with Crippen molar-refractivity contribution in [3.63, 3.8) is 0 Å². The van der Waals surface area contributed by atoms with Gasteiger partial charge in [0, 0.05) is 5.69 Å². The van der Waals surface area contributed by atoms with Crippen LogP contribution in [0.25, 0.3) is 0 Å². The second kappa shape index (κ2) is 7.42. The van der Waals surface area contributed by atoms with E-state index in [0.29, 0.717) is 11.4 Å². The Hall–Kier alpha value is -3.03. The maximum Gasteiger partial charge on any atom is 0.416 e. The zero-order chi connectivity index (χ0) is 21.4. The summed E-state index contributed by atoms with van der Waals surface area (Å²) in [5, 5.41) is 2.42. The average molecular weight is 406 g/mol. The van der Waals surface area contributed by atoms with Gasteiger partial charge in [-0.1, -0.05) is 32.9 Å². The van der Waals surface area contributed by atoms with Gasteiger partial charge in [0.1, 0.15) is 12.3 Å². The minimum atomic E-state index is -4.51. The first-order valence-corrected chi connectivity index (χ1v) is 9.00. The third-order valence-corrected chi connectivity index (χ3v) is 4.54. The fraction of sp³-hybridized carbons (Fsp3) is 0.333. The lowest BCUT2D eigenvalue weighted by atomic mass is 9.86. The van der Waals surface area contributed by atoms with Gasteiger partial charge < -0.3 is 10.1 Å². The van der Waals surface area contributed by atoms with Crippen LogP contribution in [0.15, 0.2) is 42.5 Å². The molecule has 2 aromatic rings. The monoisotopic (exact) mass is 406 g/mol. The van der Waals surface area contributed by atoms with Crippen molar-refractivity contribution in [3.05, 3.63) is 53.6 Å². The molecule has 0 saturated heterocycles. The van der Waals surface area contributed by atoms with Crippen molar-refractivity contribution in [2.24, 2.45) is 0 Å². The second-order valence-electron chi connectivity index (χ2n) is 7.83. The number of carbonyl (C=O) groups excluding carboxylic acids is 2. The van der Waals surface area contributed by atoms with Crippen LogP contribution in [0.2, 0.25) is 0 Å². The number of hydrogen-bond donors (Lipinski definition) is 1. The van der Waals surface area contributed by atoms with Gasteiger partial charge in [0.25, 0.3) is 5.91 Å². The number of ether oxygens (including phenoxy) is 1. The highest BCUT2D eigenvalue weighted by atomic mass is 19.4. The molecule has 29 heavy (non-hydrogen) atoms. The Balaban J connectivity index is 1.78. The van der Waals surface area contributed by atoms with Gasteiger partial charge in [0.05, 0.1) is 11.3 Å². The lowest BCUT2D eigenvalue weighted by molar-refractivity contribution is -0.137. The molecule has 0 fully saturated rings. The summed E-state index contributed by atoms with van der Waals surface area (Å²) in [6.45, 7) is 5.59. The van der Waals surface area contributed by atoms with Crippen LogP contribution in [0.3, 0.4) is 0 Å². The van der Waals surface area contributed by atoms with E-state index in [0.717, 1.165) is 17.7 Å². The number of fused-ring (bicyclic) bond motifs is 1. The number of nitrogens with one attached hydrogen (secondary N) is 1. The van der Waals surface area contributed by atoms with Gasteiger partial charge in [0.2, 0.25) is 5.91 Å². The number of hydrogen-bond acceptors (Lipinski definition) is 3. The Labute approximate surface area is 166 Å². The first-order valence-electron chi connectivity index (χ1n) is 9.00. The standard InChI is InChI=1S/C21H21F3N2O3/c1-20(2,3)13-7-8-16-17(10-13)29-12-19(28)26(16)11-18(27)25-15-6-4-5-14(9-15)21(22,23)24/h4-10H,11-12H2,1-3H3,(H,25,27). The topological polar surface area (TPSA) is 58.6 Å². The molecule has 0 bridgehead atoms. The van der Waals surface area contributed by atoms with E-state index in [2.05, 4.69) is 5.32 Å². The molecule has 2 aromatic carbocycles. The highest BCUT2D eigenvalue weighted by Crippen LogP contribution is 2.36. The van der Waals surface area contributed by atoms with Gasteiger partial charge in [-0.25, -0.2) is 0 Å². The summed E-state index contributed by atoms with van der Waals surface area (Å²) in [5.41, 5.74) is 0.491. The molecule has 0 radical (unpaired) electrons. The van der Waals surface area contributed by atoms with Gasteiger partial charge in [-0.15, -0.1) is 0 Å². The zero-order valence-corrected chi connectivity index (χ0v) is 16.3. The summed E-state index contributed by atoms with van der Waals surface area (Å²) in [6.07, 6.45) is -4.51. The number of carbonyl (C=O) groups is 2. The van der Waals surface area contributed by atoms with Gasteiger partial charge >= 0.3 is 6.18 Å². The molecule has 1 aliphatic rings. The average Bonchev–Trinajstić information content (AvgIpc) is 2.62. The van der Waals surface area contributed by atoms with Gasteiger partial charge in [0.15, 0.2) is 6.61 Å². The molecular formula is C21H21F3N2O3. The molecule has 1 aliphatic heterocycles. The maximum atomic E-state index is 12.8. The molecule has 3 rings (SSSR count).